The molecule has 0 spiro atoms. The number of ether oxygens (including phenoxy) is 2. The molecule has 1 fully saturated rings. The maximum absolute atomic E-state index is 11.1. The molecule has 1 saturated heterocycles. The molecule has 7 heteroatoms. The lowest BCUT2D eigenvalue weighted by Crippen LogP contribution is -2.49. The topological polar surface area (TPSA) is 88.3 Å². The third-order valence-corrected chi connectivity index (χ3v) is 4.33. The van der Waals surface area contributed by atoms with Crippen LogP contribution in [0.4, 0.5) is 5.69 Å². The second-order valence-electron chi connectivity index (χ2n) is 6.45. The van der Waals surface area contributed by atoms with E-state index in [1.165, 1.54) is 0 Å². The molecular formula is C18H29N3O4. The van der Waals surface area contributed by atoms with Crippen molar-refractivity contribution in [1.82, 2.24) is 4.90 Å². The fraction of sp³-hybridized carbons (Fsp3) is 0.611. The van der Waals surface area contributed by atoms with Crippen molar-refractivity contribution < 1.29 is 19.4 Å². The number of carbonyl (C=O) groups is 1. The van der Waals surface area contributed by atoms with Gasteiger partial charge in [0.25, 0.3) is 0 Å². The summed E-state index contributed by atoms with van der Waals surface area (Å²) in [5.74, 6) is -0.410. The van der Waals surface area contributed by atoms with Crippen LogP contribution < -0.4 is 10.6 Å². The summed E-state index contributed by atoms with van der Waals surface area (Å²) in [5.41, 5.74) is 6.87. The average molecular weight is 351 g/mol. The van der Waals surface area contributed by atoms with Gasteiger partial charge in [0.1, 0.15) is 0 Å². The van der Waals surface area contributed by atoms with E-state index in [0.29, 0.717) is 25.3 Å². The lowest BCUT2D eigenvalue weighted by molar-refractivity contribution is -0.0399. The van der Waals surface area contributed by atoms with Gasteiger partial charge in [0.2, 0.25) is 5.91 Å². The molecule has 1 amide bonds. The van der Waals surface area contributed by atoms with E-state index in [4.69, 9.17) is 15.2 Å². The highest BCUT2D eigenvalue weighted by molar-refractivity contribution is 5.93. The fourth-order valence-corrected chi connectivity index (χ4v) is 2.93. The highest BCUT2D eigenvalue weighted by Gasteiger charge is 2.20. The normalized spacial score (nSPS) is 18.1. The molecule has 0 aliphatic carbocycles. The Kier molecular flexibility index (Phi) is 7.64. The van der Waals surface area contributed by atoms with Gasteiger partial charge in [-0.25, -0.2) is 0 Å². The zero-order chi connectivity index (χ0) is 18.2. The molecule has 1 heterocycles. The van der Waals surface area contributed by atoms with Gasteiger partial charge < -0.3 is 25.2 Å². The second kappa shape index (κ2) is 9.72. The Balaban J connectivity index is 1.73. The highest BCUT2D eigenvalue weighted by atomic mass is 16.5. The molecule has 140 valence electrons. The van der Waals surface area contributed by atoms with Gasteiger partial charge in [-0.3, -0.25) is 9.69 Å². The number of β-amino-alcohol motifs (C(OH)–C–C–N with tert-alkyl or cyclic N) is 1. The van der Waals surface area contributed by atoms with Crippen molar-refractivity contribution in [3.63, 3.8) is 0 Å². The van der Waals surface area contributed by atoms with Gasteiger partial charge in [0.05, 0.1) is 25.4 Å². The molecule has 0 bridgehead atoms. The first-order valence-electron chi connectivity index (χ1n) is 8.65. The molecule has 1 aromatic carbocycles. The number of aliphatic hydroxyl groups excluding tert-OH is 1. The first kappa shape index (κ1) is 19.7. The summed E-state index contributed by atoms with van der Waals surface area (Å²) >= 11 is 0. The van der Waals surface area contributed by atoms with Crippen molar-refractivity contribution in [2.24, 2.45) is 5.73 Å². The summed E-state index contributed by atoms with van der Waals surface area (Å²) in [6, 6.07) is 7.36. The number of amides is 1. The molecular weight excluding hydrogens is 322 g/mol. The van der Waals surface area contributed by atoms with E-state index < -0.39 is 12.0 Å². The number of piperazine rings is 1. The fourth-order valence-electron chi connectivity index (χ4n) is 2.93. The van der Waals surface area contributed by atoms with Crippen molar-refractivity contribution in [2.75, 3.05) is 57.9 Å². The minimum atomic E-state index is -0.499. The standard InChI is InChI=1S/C18H29N3O4/c1-14(12-24-2)25-13-17(22)11-20-7-9-21(10-8-20)16-5-3-15(4-6-16)18(19)23/h3-6,14,17,22H,7-13H2,1-2H3,(H2,19,23). The smallest absolute Gasteiger partial charge is 0.248 e. The van der Waals surface area contributed by atoms with Gasteiger partial charge in [0, 0.05) is 51.1 Å². The number of anilines is 1. The number of methoxy groups -OCH3 is 1. The van der Waals surface area contributed by atoms with Crippen LogP contribution in [0.5, 0.6) is 0 Å². The number of nitrogens with two attached hydrogens (primary N) is 1. The third-order valence-electron chi connectivity index (χ3n) is 4.33. The summed E-state index contributed by atoms with van der Waals surface area (Å²) in [6.07, 6.45) is -0.513. The van der Waals surface area contributed by atoms with Crippen LogP contribution in [0, 0.1) is 0 Å². The number of hydrogen-bond acceptors (Lipinski definition) is 6. The van der Waals surface area contributed by atoms with Gasteiger partial charge in [-0.2, -0.15) is 0 Å². The van der Waals surface area contributed by atoms with E-state index in [2.05, 4.69) is 9.80 Å². The van der Waals surface area contributed by atoms with Crippen LogP contribution in [0.2, 0.25) is 0 Å². The van der Waals surface area contributed by atoms with Crippen molar-refractivity contribution in [3.05, 3.63) is 29.8 Å². The summed E-state index contributed by atoms with van der Waals surface area (Å²) in [4.78, 5) is 15.6. The van der Waals surface area contributed by atoms with Crippen LogP contribution in [0.3, 0.4) is 0 Å². The van der Waals surface area contributed by atoms with Crippen molar-refractivity contribution >= 4 is 11.6 Å². The number of hydrogen-bond donors (Lipinski definition) is 2. The number of nitrogens with zero attached hydrogens (tertiary/aromatic N) is 2. The van der Waals surface area contributed by atoms with E-state index in [-0.39, 0.29) is 6.10 Å². The Morgan fingerprint density at radius 2 is 1.84 bits per heavy atom. The summed E-state index contributed by atoms with van der Waals surface area (Å²) in [5, 5.41) is 10.1. The minimum Gasteiger partial charge on any atom is -0.389 e. The van der Waals surface area contributed by atoms with Crippen LogP contribution in [0.15, 0.2) is 24.3 Å². The van der Waals surface area contributed by atoms with Gasteiger partial charge in [0.15, 0.2) is 0 Å². The molecule has 25 heavy (non-hydrogen) atoms. The van der Waals surface area contributed by atoms with Crippen LogP contribution in [0.25, 0.3) is 0 Å². The molecule has 0 radical (unpaired) electrons. The van der Waals surface area contributed by atoms with Crippen molar-refractivity contribution in [2.45, 2.75) is 19.1 Å². The van der Waals surface area contributed by atoms with Gasteiger partial charge in [-0.15, -0.1) is 0 Å². The Labute approximate surface area is 149 Å². The van der Waals surface area contributed by atoms with Gasteiger partial charge >= 0.3 is 0 Å². The lowest BCUT2D eigenvalue weighted by Gasteiger charge is -2.37. The molecule has 7 nitrogen and oxygen atoms in total. The SMILES string of the molecule is COCC(C)OCC(O)CN1CCN(c2ccc(C(N)=O)cc2)CC1. The zero-order valence-corrected chi connectivity index (χ0v) is 15.1. The predicted molar refractivity (Wildman–Crippen MR) is 96.9 cm³/mol. The van der Waals surface area contributed by atoms with E-state index in [9.17, 15) is 9.90 Å². The van der Waals surface area contributed by atoms with E-state index in [0.717, 1.165) is 31.9 Å². The summed E-state index contributed by atoms with van der Waals surface area (Å²) < 4.78 is 10.6. The van der Waals surface area contributed by atoms with Crippen LogP contribution in [-0.2, 0) is 9.47 Å². The highest BCUT2D eigenvalue weighted by Crippen LogP contribution is 2.17. The van der Waals surface area contributed by atoms with E-state index >= 15 is 0 Å². The van der Waals surface area contributed by atoms with Gasteiger partial charge in [-0.1, -0.05) is 0 Å². The van der Waals surface area contributed by atoms with E-state index in [1.807, 2.05) is 19.1 Å². The Hall–Kier alpha value is -1.67. The van der Waals surface area contributed by atoms with Crippen LogP contribution in [-0.4, -0.2) is 81.2 Å². The molecule has 0 aromatic heterocycles. The number of primary amides is 1. The van der Waals surface area contributed by atoms with Crippen molar-refractivity contribution in [1.29, 1.82) is 0 Å². The van der Waals surface area contributed by atoms with Crippen LogP contribution in [0.1, 0.15) is 17.3 Å². The first-order chi connectivity index (χ1) is 12.0. The molecule has 2 rings (SSSR count). The molecule has 2 unspecified atom stereocenters. The van der Waals surface area contributed by atoms with E-state index in [1.54, 1.807) is 19.2 Å². The molecule has 0 saturated carbocycles. The molecule has 1 aromatic rings. The lowest BCUT2D eigenvalue weighted by atomic mass is 10.1. The summed E-state index contributed by atoms with van der Waals surface area (Å²) in [7, 11) is 1.64. The number of rotatable bonds is 9. The number of benzene rings is 1. The third kappa shape index (κ3) is 6.28. The van der Waals surface area contributed by atoms with Crippen LogP contribution >= 0.6 is 0 Å². The minimum absolute atomic E-state index is 0.0140. The predicted octanol–water partition coefficient (Wildman–Crippen LogP) is 0.320. The number of carbonyl (C=O) groups excluding carboxylic acids is 1. The first-order valence-corrected chi connectivity index (χ1v) is 8.65. The van der Waals surface area contributed by atoms with Gasteiger partial charge in [-0.05, 0) is 31.2 Å². The summed E-state index contributed by atoms with van der Waals surface area (Å²) in [6.45, 7) is 6.89. The zero-order valence-electron chi connectivity index (χ0n) is 15.1. The molecule has 3 N–H and O–H groups in total. The Morgan fingerprint density at radius 3 is 2.40 bits per heavy atom. The van der Waals surface area contributed by atoms with Crippen molar-refractivity contribution in [3.8, 4) is 0 Å². The molecule has 2 atom stereocenters. The average Bonchev–Trinajstić information content (AvgIpc) is 2.61. The Bertz CT molecular complexity index is 530. The maximum Gasteiger partial charge on any atom is 0.248 e. The molecule has 1 aliphatic heterocycles. The number of aliphatic hydroxyl groups is 1. The largest absolute Gasteiger partial charge is 0.389 e. The monoisotopic (exact) mass is 351 g/mol. The maximum atomic E-state index is 11.1. The Morgan fingerprint density at radius 1 is 1.20 bits per heavy atom. The second-order valence-corrected chi connectivity index (χ2v) is 6.45. The quantitative estimate of drug-likeness (QED) is 0.666. The molecule has 1 aliphatic rings.